The molecule has 0 spiro atoms. The normalized spacial score (nSPS) is 15.0. The number of aromatic carboxylic acids is 1. The molecule has 8 heteroatoms. The Labute approximate surface area is 207 Å². The molecule has 0 aliphatic carbocycles. The van der Waals surface area contributed by atoms with Gasteiger partial charge in [0.1, 0.15) is 11.0 Å². The monoisotopic (exact) mass is 490 g/mol. The van der Waals surface area contributed by atoms with E-state index in [1.165, 1.54) is 12.1 Å². The largest absolute Gasteiger partial charge is 0.478 e. The number of carbonyl (C=O) groups is 1. The number of benzene rings is 2. The summed E-state index contributed by atoms with van der Waals surface area (Å²) in [4.78, 5) is 19.4. The van der Waals surface area contributed by atoms with Crippen LogP contribution in [0, 0.1) is 12.7 Å². The van der Waals surface area contributed by atoms with Gasteiger partial charge in [-0.1, -0.05) is 48.9 Å². The molecule has 0 radical (unpaired) electrons. The molecule has 0 atom stereocenters. The first-order chi connectivity index (χ1) is 16.9. The second kappa shape index (κ2) is 9.24. The van der Waals surface area contributed by atoms with Crippen molar-refractivity contribution in [1.29, 1.82) is 0 Å². The van der Waals surface area contributed by atoms with Gasteiger partial charge in [-0.3, -0.25) is 4.90 Å². The first-order valence-electron chi connectivity index (χ1n) is 11.4. The number of pyridine rings is 1. The molecule has 0 amide bonds. The van der Waals surface area contributed by atoms with Crippen molar-refractivity contribution in [3.05, 3.63) is 93.1 Å². The predicted molar refractivity (Wildman–Crippen MR) is 135 cm³/mol. The number of fused-ring (bicyclic) bond motifs is 2. The van der Waals surface area contributed by atoms with Gasteiger partial charge < -0.3 is 5.11 Å². The summed E-state index contributed by atoms with van der Waals surface area (Å²) < 4.78 is 15.0. The van der Waals surface area contributed by atoms with Crippen molar-refractivity contribution in [2.75, 3.05) is 13.1 Å². The molecule has 2 aromatic carbocycles. The molecule has 1 aliphatic heterocycles. The molecule has 5 rings (SSSR count). The molecule has 0 unspecified atom stereocenters. The van der Waals surface area contributed by atoms with Crippen LogP contribution in [0.4, 0.5) is 4.39 Å². The molecule has 3 heterocycles. The lowest BCUT2D eigenvalue weighted by Crippen LogP contribution is -2.31. The van der Waals surface area contributed by atoms with Gasteiger partial charge in [0, 0.05) is 29.6 Å². The smallest absolute Gasteiger partial charge is 0.336 e. The summed E-state index contributed by atoms with van der Waals surface area (Å²) in [7, 11) is 0. The van der Waals surface area contributed by atoms with E-state index in [-0.39, 0.29) is 5.82 Å². The fraction of sp³-hybridized carbons (Fsp3) is 0.222. The third-order valence-corrected chi connectivity index (χ3v) is 6.81. The first kappa shape index (κ1) is 23.2. The SMILES string of the molecule is CCN1C/C(=C\c2c(C)nn(Cc3ccc(F)cc3)c2Cl)c2nc3ccccc3c(C(=O)O)c2C1. The number of para-hydroxylation sites is 1. The minimum Gasteiger partial charge on any atom is -0.478 e. The van der Waals surface area contributed by atoms with Crippen molar-refractivity contribution in [2.24, 2.45) is 0 Å². The average molecular weight is 491 g/mol. The average Bonchev–Trinajstić information content (AvgIpc) is 3.10. The van der Waals surface area contributed by atoms with Crippen LogP contribution in [0.1, 0.15) is 45.4 Å². The Bertz CT molecular complexity index is 1480. The standard InChI is InChI=1S/C27H24ClFN4O2/c1-3-32-14-18(25-22(15-32)24(27(34)35)20-6-4-5-7-23(20)30-25)12-21-16(2)31-33(26(21)28)13-17-8-10-19(29)11-9-17/h4-12H,3,13-15H2,1-2H3,(H,34,35)/b18-12+. The van der Waals surface area contributed by atoms with Gasteiger partial charge in [-0.05, 0) is 48.9 Å². The number of carboxylic acid groups (broad SMARTS) is 1. The molecule has 35 heavy (non-hydrogen) atoms. The van der Waals surface area contributed by atoms with Crippen LogP contribution in [0.25, 0.3) is 22.6 Å². The summed E-state index contributed by atoms with van der Waals surface area (Å²) in [5.41, 5.74) is 5.63. The highest BCUT2D eigenvalue weighted by atomic mass is 35.5. The zero-order chi connectivity index (χ0) is 24.7. The summed E-state index contributed by atoms with van der Waals surface area (Å²) in [5, 5.41) is 15.8. The van der Waals surface area contributed by atoms with E-state index in [1.807, 2.05) is 31.2 Å². The maximum absolute atomic E-state index is 13.3. The van der Waals surface area contributed by atoms with Crippen LogP contribution in [0.15, 0.2) is 48.5 Å². The lowest BCUT2D eigenvalue weighted by atomic mass is 9.92. The van der Waals surface area contributed by atoms with Crippen molar-refractivity contribution in [2.45, 2.75) is 26.9 Å². The van der Waals surface area contributed by atoms with Crippen LogP contribution >= 0.6 is 11.6 Å². The van der Waals surface area contributed by atoms with Crippen LogP contribution in [0.3, 0.4) is 0 Å². The minimum atomic E-state index is -0.960. The molecule has 178 valence electrons. The number of likely N-dealkylation sites (N-methyl/N-ethyl adjacent to an activating group) is 1. The van der Waals surface area contributed by atoms with Crippen LogP contribution < -0.4 is 0 Å². The van der Waals surface area contributed by atoms with E-state index in [2.05, 4.69) is 16.9 Å². The van der Waals surface area contributed by atoms with E-state index in [0.29, 0.717) is 52.5 Å². The maximum Gasteiger partial charge on any atom is 0.336 e. The van der Waals surface area contributed by atoms with E-state index >= 15 is 0 Å². The van der Waals surface area contributed by atoms with Gasteiger partial charge in [-0.2, -0.15) is 5.10 Å². The van der Waals surface area contributed by atoms with Gasteiger partial charge in [0.05, 0.1) is 29.0 Å². The number of nitrogens with zero attached hydrogens (tertiary/aromatic N) is 4. The highest BCUT2D eigenvalue weighted by molar-refractivity contribution is 6.31. The molecule has 1 N–H and O–H groups in total. The van der Waals surface area contributed by atoms with Gasteiger partial charge in [0.25, 0.3) is 0 Å². The van der Waals surface area contributed by atoms with Crippen molar-refractivity contribution < 1.29 is 14.3 Å². The Morgan fingerprint density at radius 3 is 2.63 bits per heavy atom. The molecular formula is C27H24ClFN4O2. The van der Waals surface area contributed by atoms with Crippen molar-refractivity contribution >= 4 is 40.1 Å². The lowest BCUT2D eigenvalue weighted by molar-refractivity contribution is 0.0696. The van der Waals surface area contributed by atoms with E-state index in [1.54, 1.807) is 22.9 Å². The summed E-state index contributed by atoms with van der Waals surface area (Å²) >= 11 is 6.76. The number of aromatic nitrogens is 3. The predicted octanol–water partition coefficient (Wildman–Crippen LogP) is 5.65. The topological polar surface area (TPSA) is 71.2 Å². The second-order valence-corrected chi connectivity index (χ2v) is 9.04. The summed E-state index contributed by atoms with van der Waals surface area (Å²) in [6, 6.07) is 13.6. The summed E-state index contributed by atoms with van der Waals surface area (Å²) in [6.07, 6.45) is 1.97. The Morgan fingerprint density at radius 1 is 1.17 bits per heavy atom. The molecule has 0 fully saturated rings. The number of aryl methyl sites for hydroxylation is 1. The Kier molecular flexibility index (Phi) is 6.13. The van der Waals surface area contributed by atoms with Crippen molar-refractivity contribution in [3.63, 3.8) is 0 Å². The number of hydrogen-bond donors (Lipinski definition) is 1. The Balaban J connectivity index is 1.64. The lowest BCUT2D eigenvalue weighted by Gasteiger charge is -2.30. The molecular weight excluding hydrogens is 467 g/mol. The molecule has 1 aliphatic rings. The van der Waals surface area contributed by atoms with Crippen LogP contribution in [0.2, 0.25) is 5.15 Å². The highest BCUT2D eigenvalue weighted by Gasteiger charge is 2.28. The fourth-order valence-corrected chi connectivity index (χ4v) is 4.91. The van der Waals surface area contributed by atoms with E-state index in [0.717, 1.165) is 28.9 Å². The molecule has 0 bridgehead atoms. The molecule has 0 saturated carbocycles. The third-order valence-electron chi connectivity index (χ3n) is 6.41. The van der Waals surface area contributed by atoms with Gasteiger partial charge in [0.15, 0.2) is 0 Å². The Morgan fingerprint density at radius 2 is 1.91 bits per heavy atom. The number of hydrogen-bond acceptors (Lipinski definition) is 4. The summed E-state index contributed by atoms with van der Waals surface area (Å²) in [6.45, 7) is 6.24. The quantitative estimate of drug-likeness (QED) is 0.391. The first-order valence-corrected chi connectivity index (χ1v) is 11.8. The minimum absolute atomic E-state index is 0.292. The van der Waals surface area contributed by atoms with Crippen LogP contribution in [-0.2, 0) is 13.1 Å². The van der Waals surface area contributed by atoms with E-state index in [4.69, 9.17) is 16.6 Å². The zero-order valence-electron chi connectivity index (χ0n) is 19.4. The highest BCUT2D eigenvalue weighted by Crippen LogP contribution is 2.35. The zero-order valence-corrected chi connectivity index (χ0v) is 20.2. The van der Waals surface area contributed by atoms with Gasteiger partial charge >= 0.3 is 5.97 Å². The Hall–Kier alpha value is -3.55. The summed E-state index contributed by atoms with van der Waals surface area (Å²) in [5.74, 6) is -1.25. The van der Waals surface area contributed by atoms with Gasteiger partial charge in [0.2, 0.25) is 0 Å². The fourth-order valence-electron chi connectivity index (χ4n) is 4.62. The van der Waals surface area contributed by atoms with Crippen molar-refractivity contribution in [3.8, 4) is 0 Å². The van der Waals surface area contributed by atoms with Crippen molar-refractivity contribution in [1.82, 2.24) is 19.7 Å². The number of halogens is 2. The van der Waals surface area contributed by atoms with Crippen LogP contribution in [-0.4, -0.2) is 43.8 Å². The van der Waals surface area contributed by atoms with Gasteiger partial charge in [-0.15, -0.1) is 0 Å². The van der Waals surface area contributed by atoms with Gasteiger partial charge in [-0.25, -0.2) is 18.9 Å². The molecule has 6 nitrogen and oxygen atoms in total. The number of rotatable bonds is 5. The van der Waals surface area contributed by atoms with E-state index in [9.17, 15) is 14.3 Å². The third kappa shape index (κ3) is 4.33. The van der Waals surface area contributed by atoms with E-state index < -0.39 is 5.97 Å². The second-order valence-electron chi connectivity index (χ2n) is 8.68. The molecule has 4 aromatic rings. The molecule has 0 saturated heterocycles. The van der Waals surface area contributed by atoms with Crippen LogP contribution in [0.5, 0.6) is 0 Å². The maximum atomic E-state index is 13.3. The number of carboxylic acids is 1. The molecule has 2 aromatic heterocycles.